The molecule has 0 saturated carbocycles. The van der Waals surface area contributed by atoms with Crippen LogP contribution in [0.1, 0.15) is 6.42 Å². The first-order valence-electron chi connectivity index (χ1n) is 9.57. The van der Waals surface area contributed by atoms with Crippen molar-refractivity contribution in [2.24, 2.45) is 0 Å². The van der Waals surface area contributed by atoms with Crippen LogP contribution in [0.5, 0.6) is 0 Å². The van der Waals surface area contributed by atoms with Gasteiger partial charge in [-0.25, -0.2) is 0 Å². The van der Waals surface area contributed by atoms with Crippen molar-refractivity contribution in [3.05, 3.63) is 127 Å². The summed E-state index contributed by atoms with van der Waals surface area (Å²) in [5, 5.41) is 4.42. The first kappa shape index (κ1) is 17.7. The third kappa shape index (κ3) is 3.72. The molecule has 1 aliphatic carbocycles. The minimum absolute atomic E-state index is 1.02. The van der Waals surface area contributed by atoms with Crippen LogP contribution in [0.4, 0.5) is 0 Å². The quantitative estimate of drug-likeness (QED) is 0.546. The maximum absolute atomic E-state index is 2.33. The van der Waals surface area contributed by atoms with Gasteiger partial charge in [0.15, 0.2) is 0 Å². The van der Waals surface area contributed by atoms with Gasteiger partial charge in [-0.05, 0) is 0 Å². The summed E-state index contributed by atoms with van der Waals surface area (Å²) in [6, 6.07) is 33.4. The summed E-state index contributed by atoms with van der Waals surface area (Å²) in [5.74, 6) is 0. The summed E-state index contributed by atoms with van der Waals surface area (Å²) in [6.07, 6.45) is 13.2. The van der Waals surface area contributed by atoms with E-state index in [9.17, 15) is 0 Å². The summed E-state index contributed by atoms with van der Waals surface area (Å²) in [6.45, 7) is 0. The van der Waals surface area contributed by atoms with Crippen molar-refractivity contribution in [2.45, 2.75) is 6.42 Å². The van der Waals surface area contributed by atoms with Gasteiger partial charge in [0.05, 0.1) is 0 Å². The van der Waals surface area contributed by atoms with E-state index in [4.69, 9.17) is 0 Å². The minimum atomic E-state index is -2.17. The van der Waals surface area contributed by atoms with Gasteiger partial charge in [0, 0.05) is 0 Å². The molecule has 0 N–H and O–H groups in total. The van der Waals surface area contributed by atoms with Crippen molar-refractivity contribution >= 4 is 23.2 Å². The molecule has 27 heavy (non-hydrogen) atoms. The van der Waals surface area contributed by atoms with Crippen LogP contribution in [0.3, 0.4) is 0 Å². The molecule has 0 nitrogen and oxygen atoms in total. The molecule has 0 spiro atoms. The van der Waals surface area contributed by atoms with E-state index >= 15 is 0 Å². The molecule has 3 aromatic rings. The number of rotatable bonds is 5. The van der Waals surface area contributed by atoms with Crippen molar-refractivity contribution in [3.8, 4) is 0 Å². The van der Waals surface area contributed by atoms with E-state index in [1.165, 1.54) is 21.5 Å². The fourth-order valence-corrected chi connectivity index (χ4v) is 8.91. The van der Waals surface area contributed by atoms with Crippen LogP contribution < -0.4 is 15.9 Å². The van der Waals surface area contributed by atoms with E-state index in [1.807, 2.05) is 0 Å². The molecule has 0 radical (unpaired) electrons. The molecule has 1 heteroatoms. The van der Waals surface area contributed by atoms with Gasteiger partial charge in [-0.2, -0.15) is 0 Å². The van der Waals surface area contributed by atoms with Gasteiger partial charge < -0.3 is 0 Å². The van der Waals surface area contributed by atoms with E-state index in [-0.39, 0.29) is 0 Å². The van der Waals surface area contributed by atoms with Gasteiger partial charge in [-0.3, -0.25) is 0 Å². The normalized spacial score (nSPS) is 14.4. The van der Waals surface area contributed by atoms with Crippen LogP contribution in [0.25, 0.3) is 0 Å². The van der Waals surface area contributed by atoms with Crippen molar-refractivity contribution in [1.29, 1.82) is 0 Å². The summed E-state index contributed by atoms with van der Waals surface area (Å²) >= 11 is 0. The number of allylic oxidation sites excluding steroid dienone is 6. The molecule has 4 rings (SSSR count). The van der Waals surface area contributed by atoms with Crippen LogP contribution in [0.15, 0.2) is 127 Å². The van der Waals surface area contributed by atoms with E-state index in [0.29, 0.717) is 0 Å². The third-order valence-corrected chi connectivity index (χ3v) is 10.3. The van der Waals surface area contributed by atoms with Gasteiger partial charge in [-0.1, -0.05) is 0 Å². The predicted octanol–water partition coefficient (Wildman–Crippen LogP) is 5.16. The summed E-state index contributed by atoms with van der Waals surface area (Å²) in [5.41, 5.74) is 1.50. The van der Waals surface area contributed by atoms with Gasteiger partial charge in [0.25, 0.3) is 0 Å². The van der Waals surface area contributed by atoms with Crippen LogP contribution in [-0.4, -0.2) is 6.16 Å². The Morgan fingerprint density at radius 2 is 1.04 bits per heavy atom. The third-order valence-electron chi connectivity index (χ3n) is 5.36. The van der Waals surface area contributed by atoms with Crippen molar-refractivity contribution in [2.75, 3.05) is 6.16 Å². The fourth-order valence-electron chi connectivity index (χ4n) is 4.07. The number of hydrogen-bond donors (Lipinski definition) is 0. The standard InChI is InChI=1S/C26H25P/c1-2-7-15-23(14-6-1)22-27(24-16-8-3-9-17-24,25-18-10-4-11-19-25)26-20-12-5-13-21-26/h1-14,16-21,27H,15,22H2. The molecule has 3 aromatic carbocycles. The van der Waals surface area contributed by atoms with Crippen molar-refractivity contribution < 1.29 is 0 Å². The van der Waals surface area contributed by atoms with Crippen LogP contribution in [0, 0.1) is 0 Å². The average molecular weight is 368 g/mol. The van der Waals surface area contributed by atoms with Crippen LogP contribution in [-0.2, 0) is 0 Å². The molecule has 0 amide bonds. The molecule has 134 valence electrons. The average Bonchev–Trinajstić information content (AvgIpc) is 3.02. The van der Waals surface area contributed by atoms with E-state index in [2.05, 4.69) is 121 Å². The Kier molecular flexibility index (Phi) is 5.47. The Hall–Kier alpha value is -2.69. The molecule has 0 aliphatic heterocycles. The zero-order chi connectivity index (χ0) is 18.4. The summed E-state index contributed by atoms with van der Waals surface area (Å²) in [7, 11) is -2.17. The molecule has 0 unspecified atom stereocenters. The topological polar surface area (TPSA) is 0 Å². The second-order valence-electron chi connectivity index (χ2n) is 7.02. The fraction of sp³-hybridized carbons (Fsp3) is 0.0769. The second-order valence-corrected chi connectivity index (χ2v) is 10.9. The molecule has 0 aromatic heterocycles. The zero-order valence-corrected chi connectivity index (χ0v) is 16.5. The van der Waals surface area contributed by atoms with E-state index < -0.39 is 7.26 Å². The first-order valence-corrected chi connectivity index (χ1v) is 11.8. The second kappa shape index (κ2) is 8.33. The Labute approximate surface area is 162 Å². The predicted molar refractivity (Wildman–Crippen MR) is 122 cm³/mol. The monoisotopic (exact) mass is 368 g/mol. The van der Waals surface area contributed by atoms with Gasteiger partial charge in [0.1, 0.15) is 0 Å². The Balaban J connectivity index is 1.96. The molecule has 0 heterocycles. The van der Waals surface area contributed by atoms with Gasteiger partial charge >= 0.3 is 163 Å². The summed E-state index contributed by atoms with van der Waals surface area (Å²) in [4.78, 5) is 0. The van der Waals surface area contributed by atoms with Gasteiger partial charge in [-0.15, -0.1) is 0 Å². The Bertz CT molecular complexity index is 854. The number of hydrogen-bond acceptors (Lipinski definition) is 0. The van der Waals surface area contributed by atoms with E-state index in [0.717, 1.165) is 12.6 Å². The molecule has 1 aliphatic rings. The maximum atomic E-state index is 2.33. The molecule has 0 fully saturated rings. The molecule has 0 atom stereocenters. The summed E-state index contributed by atoms with van der Waals surface area (Å²) < 4.78 is 0. The van der Waals surface area contributed by atoms with Crippen LogP contribution in [0.2, 0.25) is 0 Å². The van der Waals surface area contributed by atoms with Gasteiger partial charge in [0.2, 0.25) is 0 Å². The van der Waals surface area contributed by atoms with E-state index in [1.54, 1.807) is 0 Å². The van der Waals surface area contributed by atoms with Crippen LogP contribution >= 0.6 is 7.26 Å². The molecule has 0 bridgehead atoms. The molecular formula is C26H25P. The molecular weight excluding hydrogens is 343 g/mol. The first-order chi connectivity index (χ1) is 13.4. The zero-order valence-electron chi connectivity index (χ0n) is 15.5. The number of benzene rings is 3. The SMILES string of the molecule is C1=CC=C(C[PH](c2ccccc2)(c2ccccc2)c2ccccc2)CC=C1. The Morgan fingerprint density at radius 3 is 1.52 bits per heavy atom. The molecule has 0 saturated heterocycles. The van der Waals surface area contributed by atoms with Crippen molar-refractivity contribution in [1.82, 2.24) is 0 Å². The Morgan fingerprint density at radius 1 is 0.556 bits per heavy atom. The van der Waals surface area contributed by atoms with Crippen molar-refractivity contribution in [3.63, 3.8) is 0 Å².